The van der Waals surface area contributed by atoms with E-state index in [2.05, 4.69) is 32.6 Å². The number of imide groups is 2. The minimum atomic E-state index is -4.83. The van der Waals surface area contributed by atoms with Crippen LogP contribution in [0.4, 0.5) is 24.5 Å². The van der Waals surface area contributed by atoms with Gasteiger partial charge >= 0.3 is 6.18 Å². The van der Waals surface area contributed by atoms with Gasteiger partial charge in [-0.1, -0.05) is 11.8 Å². The summed E-state index contributed by atoms with van der Waals surface area (Å²) < 4.78 is 41.2. The summed E-state index contributed by atoms with van der Waals surface area (Å²) >= 11 is 0. The van der Waals surface area contributed by atoms with Gasteiger partial charge in [0.2, 0.25) is 11.8 Å². The zero-order chi connectivity index (χ0) is 33.8. The molecule has 0 aliphatic carbocycles. The van der Waals surface area contributed by atoms with Crippen LogP contribution in [0.5, 0.6) is 0 Å². The summed E-state index contributed by atoms with van der Waals surface area (Å²) in [5.41, 5.74) is -2.12. The van der Waals surface area contributed by atoms with Crippen molar-refractivity contribution in [2.45, 2.75) is 38.0 Å². The van der Waals surface area contributed by atoms with Crippen LogP contribution in [-0.4, -0.2) is 68.3 Å². The maximum atomic E-state index is 13.3. The van der Waals surface area contributed by atoms with Crippen molar-refractivity contribution in [1.29, 1.82) is 5.26 Å². The molecule has 6 rings (SSSR count). The third-order valence-electron chi connectivity index (χ3n) is 8.09. The summed E-state index contributed by atoms with van der Waals surface area (Å²) in [5.74, 6) is 2.93. The molecule has 0 spiro atoms. The number of anilines is 2. The number of carbonyl (C=O) groups excluding carboxylic acids is 5. The molecule has 2 fully saturated rings. The van der Waals surface area contributed by atoms with Gasteiger partial charge in [0.1, 0.15) is 17.6 Å². The van der Waals surface area contributed by atoms with Gasteiger partial charge in [-0.05, 0) is 38.1 Å². The van der Waals surface area contributed by atoms with Crippen molar-refractivity contribution in [3.63, 3.8) is 0 Å². The Morgan fingerprint density at radius 1 is 1.06 bits per heavy atom. The molecular formula is C31H23F3N8O5. The molecule has 1 aromatic carbocycles. The van der Waals surface area contributed by atoms with Crippen LogP contribution in [0, 0.1) is 29.1 Å². The molecule has 0 radical (unpaired) electrons. The molecule has 5 amide bonds. The van der Waals surface area contributed by atoms with Crippen molar-refractivity contribution in [1.82, 2.24) is 25.0 Å². The SMILES string of the molecule is CC(C)(C(=O)Nc1cnc(C#N)c(C(F)(F)F)c1)n1cc(C#CC2CN(c3ccc4c(c3)C(=O)N(C3CC(=O)NC3=O)C4=O)C2)cn1. The largest absolute Gasteiger partial charge is 0.419 e. The number of aromatic nitrogens is 3. The Bertz CT molecular complexity index is 2000. The Morgan fingerprint density at radius 2 is 1.79 bits per heavy atom. The molecule has 3 aliphatic heterocycles. The van der Waals surface area contributed by atoms with Gasteiger partial charge in [0.25, 0.3) is 17.7 Å². The average Bonchev–Trinajstić information content (AvgIpc) is 3.67. The van der Waals surface area contributed by atoms with E-state index < -0.39 is 58.6 Å². The third-order valence-corrected chi connectivity index (χ3v) is 8.09. The average molecular weight is 645 g/mol. The highest BCUT2D eigenvalue weighted by molar-refractivity contribution is 6.24. The summed E-state index contributed by atoms with van der Waals surface area (Å²) in [5, 5.41) is 17.6. The zero-order valence-corrected chi connectivity index (χ0v) is 24.7. The molecule has 2 N–H and O–H groups in total. The van der Waals surface area contributed by atoms with Gasteiger partial charge < -0.3 is 10.2 Å². The van der Waals surface area contributed by atoms with Crippen molar-refractivity contribution in [2.24, 2.45) is 5.92 Å². The monoisotopic (exact) mass is 644 g/mol. The van der Waals surface area contributed by atoms with E-state index in [4.69, 9.17) is 5.26 Å². The number of fused-ring (bicyclic) bond motifs is 1. The van der Waals surface area contributed by atoms with E-state index in [1.807, 2.05) is 4.90 Å². The molecule has 5 heterocycles. The molecule has 2 aromatic heterocycles. The number of nitrogens with zero attached hydrogens (tertiary/aromatic N) is 6. The van der Waals surface area contributed by atoms with Crippen LogP contribution in [0.15, 0.2) is 42.9 Å². The van der Waals surface area contributed by atoms with Crippen LogP contribution in [0.25, 0.3) is 0 Å². The highest BCUT2D eigenvalue weighted by atomic mass is 19.4. The lowest BCUT2D eigenvalue weighted by Gasteiger charge is -2.38. The first kappa shape index (κ1) is 31.0. The van der Waals surface area contributed by atoms with E-state index in [0.717, 1.165) is 11.1 Å². The molecule has 0 bridgehead atoms. The molecule has 3 aliphatic rings. The summed E-state index contributed by atoms with van der Waals surface area (Å²) in [6.07, 6.45) is -1.14. The van der Waals surface area contributed by atoms with E-state index in [-0.39, 0.29) is 29.2 Å². The minimum Gasteiger partial charge on any atom is -0.369 e. The van der Waals surface area contributed by atoms with Crippen molar-refractivity contribution < 1.29 is 37.1 Å². The number of rotatable bonds is 5. The van der Waals surface area contributed by atoms with E-state index in [0.29, 0.717) is 30.4 Å². The van der Waals surface area contributed by atoms with Crippen LogP contribution >= 0.6 is 0 Å². The number of nitrogens with one attached hydrogen (secondary N) is 2. The fourth-order valence-electron chi connectivity index (χ4n) is 5.36. The number of hydrogen-bond donors (Lipinski definition) is 2. The van der Waals surface area contributed by atoms with Crippen molar-refractivity contribution in [3.8, 4) is 17.9 Å². The first-order chi connectivity index (χ1) is 22.2. The van der Waals surface area contributed by atoms with Crippen molar-refractivity contribution in [2.75, 3.05) is 23.3 Å². The van der Waals surface area contributed by atoms with E-state index in [9.17, 15) is 37.1 Å². The van der Waals surface area contributed by atoms with Gasteiger partial charge in [-0.15, -0.1) is 0 Å². The van der Waals surface area contributed by atoms with Crippen LogP contribution in [0.2, 0.25) is 0 Å². The second-order valence-corrected chi connectivity index (χ2v) is 11.6. The number of carbonyl (C=O) groups is 5. The fourth-order valence-corrected chi connectivity index (χ4v) is 5.36. The molecular weight excluding hydrogens is 621 g/mol. The Kier molecular flexibility index (Phi) is 7.31. The number of pyridine rings is 1. The van der Waals surface area contributed by atoms with E-state index in [1.54, 1.807) is 12.1 Å². The number of benzene rings is 1. The minimum absolute atomic E-state index is 0.0448. The summed E-state index contributed by atoms with van der Waals surface area (Å²) in [6, 6.07) is 5.68. The van der Waals surface area contributed by atoms with E-state index >= 15 is 0 Å². The van der Waals surface area contributed by atoms with Crippen LogP contribution in [-0.2, 0) is 26.1 Å². The first-order valence-electron chi connectivity index (χ1n) is 14.1. The molecule has 16 heteroatoms. The molecule has 2 saturated heterocycles. The molecule has 47 heavy (non-hydrogen) atoms. The molecule has 238 valence electrons. The quantitative estimate of drug-likeness (QED) is 0.312. The fraction of sp³-hybridized carbons (Fsp3) is 0.290. The maximum Gasteiger partial charge on any atom is 0.419 e. The molecule has 0 saturated carbocycles. The summed E-state index contributed by atoms with van der Waals surface area (Å²) in [6.45, 7) is 4.10. The smallest absolute Gasteiger partial charge is 0.369 e. The highest BCUT2D eigenvalue weighted by Gasteiger charge is 2.47. The maximum absolute atomic E-state index is 13.3. The van der Waals surface area contributed by atoms with Gasteiger partial charge in [-0.2, -0.15) is 23.5 Å². The number of alkyl halides is 3. The Morgan fingerprint density at radius 3 is 2.45 bits per heavy atom. The zero-order valence-electron chi connectivity index (χ0n) is 24.7. The Labute approximate surface area is 264 Å². The second-order valence-electron chi connectivity index (χ2n) is 11.6. The van der Waals surface area contributed by atoms with Gasteiger partial charge in [-0.3, -0.25) is 38.9 Å². The van der Waals surface area contributed by atoms with Gasteiger partial charge in [0.05, 0.1) is 52.7 Å². The predicted octanol–water partition coefficient (Wildman–Crippen LogP) is 2.04. The number of hydrogen-bond acceptors (Lipinski definition) is 9. The third kappa shape index (κ3) is 5.54. The predicted molar refractivity (Wildman–Crippen MR) is 155 cm³/mol. The topological polar surface area (TPSA) is 170 Å². The summed E-state index contributed by atoms with van der Waals surface area (Å²) in [7, 11) is 0. The Hall–Kier alpha value is -6.03. The number of amides is 5. The van der Waals surface area contributed by atoms with Gasteiger partial charge in [-0.25, -0.2) is 4.98 Å². The lowest BCUT2D eigenvalue weighted by Crippen LogP contribution is -2.46. The lowest BCUT2D eigenvalue weighted by atomic mass is 9.98. The lowest BCUT2D eigenvalue weighted by molar-refractivity contribution is -0.138. The number of halogens is 3. The first-order valence-corrected chi connectivity index (χ1v) is 14.1. The van der Waals surface area contributed by atoms with Gasteiger partial charge in [0, 0.05) is 25.0 Å². The Balaban J connectivity index is 1.08. The number of nitriles is 1. The van der Waals surface area contributed by atoms with Crippen LogP contribution in [0.3, 0.4) is 0 Å². The summed E-state index contributed by atoms with van der Waals surface area (Å²) in [4.78, 5) is 68.8. The molecule has 13 nitrogen and oxygen atoms in total. The van der Waals surface area contributed by atoms with Crippen molar-refractivity contribution >= 4 is 40.9 Å². The van der Waals surface area contributed by atoms with Crippen molar-refractivity contribution in [3.05, 3.63) is 70.8 Å². The molecule has 3 aromatic rings. The molecule has 1 unspecified atom stereocenters. The highest BCUT2D eigenvalue weighted by Crippen LogP contribution is 2.34. The van der Waals surface area contributed by atoms with E-state index in [1.165, 1.54) is 43.1 Å². The molecule has 1 atom stereocenters. The van der Waals surface area contributed by atoms with Crippen LogP contribution < -0.4 is 15.5 Å². The normalized spacial score (nSPS) is 17.9. The standard InChI is InChI=1S/C31H23F3N8O5/c1-30(2,29(47)38-18-7-22(31(32,33)34)23(10-35)36-12-18)41-15-16(11-37-41)3-4-17-13-40(14-17)19-5-6-20-21(8-19)28(46)42(27(20)45)24-9-25(43)39-26(24)44/h5-8,11-12,15,17,24H,9,13-14H2,1-2H3,(H,38,47)(H,39,43,44). The van der Waals surface area contributed by atoms with Crippen LogP contribution in [0.1, 0.15) is 57.8 Å². The van der Waals surface area contributed by atoms with Gasteiger partial charge in [0.15, 0.2) is 5.69 Å². The second kappa shape index (κ2) is 11.1.